The highest BCUT2D eigenvalue weighted by Gasteiger charge is 2.41. The lowest BCUT2D eigenvalue weighted by molar-refractivity contribution is -0.749. The lowest BCUT2D eigenvalue weighted by Crippen LogP contribution is -2.45. The zero-order valence-corrected chi connectivity index (χ0v) is 67.4. The summed E-state index contributed by atoms with van der Waals surface area (Å²) in [5, 5.41) is 66.0. The van der Waals surface area contributed by atoms with Crippen molar-refractivity contribution in [1.82, 2.24) is 0 Å². The average Bonchev–Trinajstić information content (AvgIpc) is 0.797. The average molecular weight is 1830 g/mol. The largest absolute Gasteiger partial charge is 0.480 e. The summed E-state index contributed by atoms with van der Waals surface area (Å²) in [5.41, 5.74) is -0.204. The fourth-order valence-electron chi connectivity index (χ4n) is 7.87. The fourth-order valence-corrected chi connectivity index (χ4v) is 12.6. The quantitative estimate of drug-likeness (QED) is 0.00531. The number of aryl methyl sites for hydroxylation is 1. The van der Waals surface area contributed by atoms with E-state index in [4.69, 9.17) is 49.5 Å². The minimum absolute atomic E-state index is 0. The number of rotatable bonds is 24. The van der Waals surface area contributed by atoms with E-state index in [-0.39, 0.29) is 55.9 Å². The Morgan fingerprint density at radius 3 is 1.15 bits per heavy atom. The molecular weight excluding hydrogens is 1750 g/mol. The van der Waals surface area contributed by atoms with E-state index >= 15 is 0 Å². The molecule has 6 rings (SSSR count). The zero-order chi connectivity index (χ0) is 81.5. The van der Waals surface area contributed by atoms with Gasteiger partial charge in [-0.1, -0.05) is 59.9 Å². The van der Waals surface area contributed by atoms with Gasteiger partial charge in [0.25, 0.3) is 17.7 Å². The van der Waals surface area contributed by atoms with Gasteiger partial charge < -0.3 is 61.4 Å². The van der Waals surface area contributed by atoms with E-state index in [2.05, 4.69) is 58.4 Å². The Morgan fingerprint density at radius 2 is 0.879 bits per heavy atom. The van der Waals surface area contributed by atoms with Gasteiger partial charge in [-0.3, -0.25) is 14.4 Å². The van der Waals surface area contributed by atoms with Crippen LogP contribution in [0, 0.1) is 34.0 Å². The number of halogens is 13. The zero-order valence-electron chi connectivity index (χ0n) is 58.5. The third kappa shape index (κ3) is 36.7. The Balaban J connectivity index is 0.00000140. The van der Waals surface area contributed by atoms with Crippen molar-refractivity contribution in [1.29, 1.82) is 15.8 Å². The van der Waals surface area contributed by atoms with E-state index in [1.54, 1.807) is 36.4 Å². The first-order chi connectivity index (χ1) is 48.8. The number of nitrogens with two attached hydrogens (primary N) is 2. The number of nitriles is 3. The van der Waals surface area contributed by atoms with Crippen molar-refractivity contribution in [2.45, 2.75) is 104 Å². The normalized spacial score (nSPS) is 13.0. The fraction of sp³-hybridized carbons (Fsp3) is 0.368. The number of alkyl halides is 12. The first-order valence-corrected chi connectivity index (χ1v) is 38.3. The Bertz CT molecular complexity index is 4230. The number of aliphatic hydroxyl groups is 3. The number of thioether (sulfide) groups is 1. The van der Waals surface area contributed by atoms with Crippen LogP contribution in [-0.2, 0) is 73.3 Å². The lowest BCUT2D eigenvalue weighted by atomic mass is 10.1. The molecule has 0 aliphatic heterocycles. The minimum atomic E-state index is -4.84. The van der Waals surface area contributed by atoms with Crippen molar-refractivity contribution in [3.63, 3.8) is 0 Å². The second kappa shape index (κ2) is 45.1. The number of nitrogen functional groups attached to an aromatic ring is 2. The lowest BCUT2D eigenvalue weighted by Gasteiger charge is -2.22. The van der Waals surface area contributed by atoms with E-state index < -0.39 is 118 Å². The van der Waals surface area contributed by atoms with Crippen LogP contribution in [0.5, 0.6) is 0 Å². The Labute approximate surface area is 655 Å². The number of quaternary nitrogens is 1. The first kappa shape index (κ1) is 99.8. The summed E-state index contributed by atoms with van der Waals surface area (Å²) >= 11 is 10.7. The molecule has 0 spiro atoms. The molecule has 22 nitrogen and oxygen atoms in total. The summed E-state index contributed by atoms with van der Waals surface area (Å²) in [5.74, 6) is -5.30. The van der Waals surface area contributed by atoms with Crippen molar-refractivity contribution < 1.29 is 105 Å². The predicted octanol–water partition coefficient (Wildman–Crippen LogP) is 12.7. The summed E-state index contributed by atoms with van der Waals surface area (Å²) in [7, 11) is 2.82. The highest BCUT2D eigenvalue weighted by atomic mass is 79.9. The number of amides is 3. The van der Waals surface area contributed by atoms with E-state index in [9.17, 15) is 86.1 Å². The molecule has 6 aromatic carbocycles. The van der Waals surface area contributed by atoms with Crippen LogP contribution < -0.4 is 27.4 Å². The molecule has 0 saturated heterocycles. The van der Waals surface area contributed by atoms with Gasteiger partial charge in [-0.05, 0) is 168 Å². The van der Waals surface area contributed by atoms with Gasteiger partial charge in [0.1, 0.15) is 11.9 Å². The molecule has 0 aliphatic rings. The number of benzene rings is 6. The number of nitrogens with zero attached hydrogens (tertiary/aromatic N) is 4. The molecule has 0 heterocycles. The maximum atomic E-state index is 13.1. The minimum Gasteiger partial charge on any atom is -0.404 e. The number of carbonyl (C=O) groups excluding carboxylic acids is 4. The van der Waals surface area contributed by atoms with Crippen molar-refractivity contribution in [2.24, 2.45) is 0 Å². The van der Waals surface area contributed by atoms with Crippen LogP contribution in [0.25, 0.3) is 0 Å². The molecule has 39 heteroatoms. The summed E-state index contributed by atoms with van der Waals surface area (Å²) in [4.78, 5) is 46.7. The number of ether oxygens (including phenoxy) is 2. The molecule has 107 heavy (non-hydrogen) atoms. The third-order valence-corrected chi connectivity index (χ3v) is 19.5. The SMILES string of the molecule is Br.CCOC(CBr)OCC.C[C@](O)(CS(=O)(=O)c1ccc(CCCBr)cc1)C(=O)Nc1ccc(C#N)c(C(F)(F)F)c1.C[C@](O)(CS(=O)(=O)c1ccc(N)cc1)C(=O)Nc1ccc(C#N)c(C(F)(F)F)c1.C[C@](O)(CSc1ccc(N)cc1)C(=O)Nc1ccc(C#N)c(C(F)(F)F)c1.O=CCBr.[B][N+](C)(C)C. The molecule has 0 bridgehead atoms. The number of hydrogen-bond donors (Lipinski definition) is 8. The molecule has 6 aromatic rings. The molecule has 10 N–H and O–H groups in total. The standard InChI is InChI=1S/C21H20BrF3N2O4S.C18H16F3N3O4S.C18H16F3N3O2S.C6H13BrO2.C3H9BN.C2H3BrO.BrH/c1-20(29,13-32(30,31)17-8-4-14(5-9-17)3-2-10-22)19(28)27-16-7-6-15(12-26)18(11-16)21(23,24)25;1-17(26,10-29(27,28)14-6-3-12(23)4-7-14)16(25)24-13-5-2-11(9-22)15(8-13)18(19,20)21;1-17(26,10-27-14-6-3-12(23)4-7-14)16(25)24-13-5-2-11(9-22)15(8-13)18(19,20)21;1-3-8-6(5-7)9-4-2;1-5(2,3)4;3-1-2-4;/h4-9,11,29H,2-3,10,13H2,1H3,(H,27,28);2-8,26H,10,23H2,1H3,(H,24,25);2-8,26H,10,23H2,1H3,(H,24,25);6H,3-5H2,1-2H3;1-3H3;2H,1H2;1H/q;;;;+1;;/t20-;2*17-;;;;/m000..../s1. The second-order valence-electron chi connectivity index (χ2n) is 23.6. The topological polar surface area (TPSA) is 375 Å². The molecule has 0 unspecified atom stereocenters. The molecule has 0 fully saturated rings. The predicted molar refractivity (Wildman–Crippen MR) is 406 cm³/mol. The van der Waals surface area contributed by atoms with Gasteiger partial charge in [0.2, 0.25) is 0 Å². The highest BCUT2D eigenvalue weighted by molar-refractivity contribution is 9.09. The number of aldehydes is 1. The van der Waals surface area contributed by atoms with Crippen molar-refractivity contribution >= 4 is 157 Å². The van der Waals surface area contributed by atoms with Crippen molar-refractivity contribution in [3.05, 3.63) is 166 Å². The first-order valence-electron chi connectivity index (χ1n) is 30.6. The van der Waals surface area contributed by atoms with Crippen LogP contribution in [0.15, 0.2) is 142 Å². The Kier molecular flexibility index (Phi) is 42.1. The number of carbonyl (C=O) groups is 4. The van der Waals surface area contributed by atoms with Gasteiger partial charge in [-0.2, -0.15) is 55.3 Å². The molecular formula is C68H78BBr4F9N9O13S3+. The maximum Gasteiger partial charge on any atom is 0.480 e. The molecule has 0 aromatic heterocycles. The van der Waals surface area contributed by atoms with Crippen LogP contribution >= 0.6 is 76.5 Å². The summed E-state index contributed by atoms with van der Waals surface area (Å²) in [6.45, 7) is 8.46. The summed E-state index contributed by atoms with van der Waals surface area (Å²) < 4.78 is 178. The highest BCUT2D eigenvalue weighted by Crippen LogP contribution is 2.37. The van der Waals surface area contributed by atoms with Crippen LogP contribution in [0.4, 0.5) is 68.0 Å². The third-order valence-electron chi connectivity index (χ3n) is 12.9. The maximum absolute atomic E-state index is 13.1. The molecule has 0 saturated carbocycles. The van der Waals surface area contributed by atoms with Crippen molar-refractivity contribution in [3.8, 4) is 18.2 Å². The Hall–Kier alpha value is -7.17. The number of anilines is 5. The van der Waals surface area contributed by atoms with Gasteiger partial charge in [0, 0.05) is 78.8 Å². The molecule has 584 valence electrons. The van der Waals surface area contributed by atoms with E-state index in [1.165, 1.54) is 79.4 Å². The van der Waals surface area contributed by atoms with E-state index in [1.807, 2.05) is 40.3 Å². The molecule has 3 atom stereocenters. The summed E-state index contributed by atoms with van der Waals surface area (Å²) in [6, 6.07) is 29.9. The van der Waals surface area contributed by atoms with Gasteiger partial charge in [-0.25, -0.2) is 16.8 Å². The van der Waals surface area contributed by atoms with Gasteiger partial charge in [-0.15, -0.1) is 28.7 Å². The number of sulfone groups is 2. The van der Waals surface area contributed by atoms with Crippen LogP contribution in [0.3, 0.4) is 0 Å². The molecule has 0 aliphatic carbocycles. The number of hydrogen-bond acceptors (Lipinski definition) is 19. The van der Waals surface area contributed by atoms with Crippen LogP contribution in [0.2, 0.25) is 0 Å². The van der Waals surface area contributed by atoms with Crippen molar-refractivity contribution in [2.75, 3.05) is 95.0 Å². The molecule has 3 amide bonds. The molecule has 2 radical (unpaired) electrons. The number of nitrogens with one attached hydrogen (secondary N) is 3. The van der Waals surface area contributed by atoms with Gasteiger partial charge in [0.15, 0.2) is 37.2 Å². The Morgan fingerprint density at radius 1 is 0.579 bits per heavy atom. The summed E-state index contributed by atoms with van der Waals surface area (Å²) in [6.07, 6.45) is -12.1. The second-order valence-corrected chi connectivity index (χ2v) is 30.7. The van der Waals surface area contributed by atoms with Gasteiger partial charge in [0.05, 0.1) is 83.5 Å². The van der Waals surface area contributed by atoms with Crippen LogP contribution in [0.1, 0.15) is 80.0 Å². The van der Waals surface area contributed by atoms with Crippen LogP contribution in [-0.4, -0.2) is 159 Å². The smallest absolute Gasteiger partial charge is 0.404 e. The van der Waals surface area contributed by atoms with E-state index in [0.29, 0.717) is 52.5 Å². The monoisotopic (exact) mass is 1820 g/mol. The van der Waals surface area contributed by atoms with E-state index in [0.717, 1.165) is 84.4 Å². The van der Waals surface area contributed by atoms with Gasteiger partial charge >= 0.3 is 26.5 Å².